The van der Waals surface area contributed by atoms with Gasteiger partial charge >= 0.3 is 5.97 Å². The summed E-state index contributed by atoms with van der Waals surface area (Å²) in [7, 11) is 0. The molecule has 0 fully saturated rings. The standard InChI is InChI=1S/C14H16BrNO2S2/c1-4-18-14(17)13-11(16)10(7(2)3)12(20-13)8-5-6-9(15)19-8/h5-7H,4,16H2,1-3H3. The van der Waals surface area contributed by atoms with Crippen LogP contribution >= 0.6 is 38.6 Å². The number of hydrogen-bond acceptors (Lipinski definition) is 5. The maximum Gasteiger partial charge on any atom is 0.350 e. The smallest absolute Gasteiger partial charge is 0.350 e. The number of hydrogen-bond donors (Lipinski definition) is 1. The Balaban J connectivity index is 2.56. The lowest BCUT2D eigenvalue weighted by Gasteiger charge is -2.07. The Morgan fingerprint density at radius 3 is 2.60 bits per heavy atom. The first-order valence-electron chi connectivity index (χ1n) is 6.30. The lowest BCUT2D eigenvalue weighted by atomic mass is 10.0. The summed E-state index contributed by atoms with van der Waals surface area (Å²) in [6, 6.07) is 4.05. The van der Waals surface area contributed by atoms with Crippen molar-refractivity contribution in [3.8, 4) is 9.75 Å². The fourth-order valence-electron chi connectivity index (χ4n) is 2.00. The fourth-order valence-corrected chi connectivity index (χ4v) is 4.78. The van der Waals surface area contributed by atoms with E-state index in [2.05, 4.69) is 29.8 Å². The second kappa shape index (κ2) is 6.28. The van der Waals surface area contributed by atoms with E-state index < -0.39 is 0 Å². The molecule has 108 valence electrons. The summed E-state index contributed by atoms with van der Waals surface area (Å²) in [5, 5.41) is 0. The average molecular weight is 374 g/mol. The molecule has 0 aliphatic rings. The first-order chi connectivity index (χ1) is 9.45. The highest BCUT2D eigenvalue weighted by atomic mass is 79.9. The molecule has 0 amide bonds. The van der Waals surface area contributed by atoms with Crippen molar-refractivity contribution < 1.29 is 9.53 Å². The summed E-state index contributed by atoms with van der Waals surface area (Å²) in [5.41, 5.74) is 7.78. The SMILES string of the molecule is CCOC(=O)c1sc(-c2ccc(Br)s2)c(C(C)C)c1N. The van der Waals surface area contributed by atoms with Gasteiger partial charge < -0.3 is 10.5 Å². The monoisotopic (exact) mass is 373 g/mol. The molecule has 2 aromatic heterocycles. The average Bonchev–Trinajstić information content (AvgIpc) is 2.93. The Morgan fingerprint density at radius 2 is 2.10 bits per heavy atom. The van der Waals surface area contributed by atoms with Crippen molar-refractivity contribution in [1.82, 2.24) is 0 Å². The molecule has 0 atom stereocenters. The van der Waals surface area contributed by atoms with Crippen LogP contribution in [-0.4, -0.2) is 12.6 Å². The van der Waals surface area contributed by atoms with Crippen LogP contribution in [0.4, 0.5) is 5.69 Å². The van der Waals surface area contributed by atoms with Crippen molar-refractivity contribution in [3.05, 3.63) is 26.4 Å². The molecule has 2 rings (SSSR count). The number of nitrogen functional groups attached to an aromatic ring is 1. The summed E-state index contributed by atoms with van der Waals surface area (Å²) < 4.78 is 6.15. The summed E-state index contributed by atoms with van der Waals surface area (Å²) in [5.74, 6) is -0.0796. The van der Waals surface area contributed by atoms with E-state index >= 15 is 0 Å². The number of ether oxygens (including phenoxy) is 1. The second-order valence-corrected chi connectivity index (χ2v) is 8.05. The first kappa shape index (κ1) is 15.5. The third-order valence-electron chi connectivity index (χ3n) is 2.82. The van der Waals surface area contributed by atoms with Gasteiger partial charge in [0.05, 0.1) is 21.0 Å². The van der Waals surface area contributed by atoms with E-state index in [4.69, 9.17) is 10.5 Å². The molecule has 0 unspecified atom stereocenters. The minimum atomic E-state index is -0.334. The highest BCUT2D eigenvalue weighted by Crippen LogP contribution is 2.45. The van der Waals surface area contributed by atoms with Crippen molar-refractivity contribution in [1.29, 1.82) is 0 Å². The molecule has 0 saturated heterocycles. The summed E-state index contributed by atoms with van der Waals surface area (Å²) in [6.45, 7) is 6.31. The molecule has 6 heteroatoms. The molecular formula is C14H16BrNO2S2. The molecule has 2 N–H and O–H groups in total. The Labute approximate surface area is 134 Å². The lowest BCUT2D eigenvalue weighted by Crippen LogP contribution is -2.06. The van der Waals surface area contributed by atoms with Crippen molar-refractivity contribution in [2.45, 2.75) is 26.7 Å². The molecule has 3 nitrogen and oxygen atoms in total. The number of carbonyl (C=O) groups excluding carboxylic acids is 1. The van der Waals surface area contributed by atoms with E-state index in [9.17, 15) is 4.79 Å². The van der Waals surface area contributed by atoms with Crippen LogP contribution in [0.15, 0.2) is 15.9 Å². The third kappa shape index (κ3) is 2.92. The molecular weight excluding hydrogens is 358 g/mol. The zero-order valence-electron chi connectivity index (χ0n) is 11.5. The Morgan fingerprint density at radius 1 is 1.40 bits per heavy atom. The fraction of sp³-hybridized carbons (Fsp3) is 0.357. The predicted octanol–water partition coefficient (Wildman–Crippen LogP) is 5.12. The topological polar surface area (TPSA) is 52.3 Å². The molecule has 2 heterocycles. The van der Waals surface area contributed by atoms with Gasteiger partial charge in [0.1, 0.15) is 4.88 Å². The zero-order chi connectivity index (χ0) is 14.9. The van der Waals surface area contributed by atoms with Crippen LogP contribution in [0.3, 0.4) is 0 Å². The van der Waals surface area contributed by atoms with Gasteiger partial charge in [0.25, 0.3) is 0 Å². The molecule has 0 bridgehead atoms. The normalized spacial score (nSPS) is 11.1. The number of thiophene rings is 2. The van der Waals surface area contributed by atoms with Gasteiger partial charge in [-0.05, 0) is 46.5 Å². The highest BCUT2D eigenvalue weighted by molar-refractivity contribution is 9.11. The van der Waals surface area contributed by atoms with E-state index in [0.29, 0.717) is 17.2 Å². The van der Waals surface area contributed by atoms with Gasteiger partial charge in [-0.15, -0.1) is 22.7 Å². The van der Waals surface area contributed by atoms with E-state index in [1.165, 1.54) is 11.3 Å². The number of halogens is 1. The van der Waals surface area contributed by atoms with Gasteiger partial charge in [0, 0.05) is 4.88 Å². The molecule has 0 spiro atoms. The van der Waals surface area contributed by atoms with Crippen LogP contribution < -0.4 is 5.73 Å². The van der Waals surface area contributed by atoms with E-state index in [1.54, 1.807) is 18.3 Å². The van der Waals surface area contributed by atoms with Crippen LogP contribution in [0.2, 0.25) is 0 Å². The third-order valence-corrected chi connectivity index (χ3v) is 5.82. The lowest BCUT2D eigenvalue weighted by molar-refractivity contribution is 0.0533. The molecule has 20 heavy (non-hydrogen) atoms. The largest absolute Gasteiger partial charge is 0.462 e. The van der Waals surface area contributed by atoms with Crippen molar-refractivity contribution >= 4 is 50.3 Å². The minimum Gasteiger partial charge on any atom is -0.462 e. The van der Waals surface area contributed by atoms with Crippen molar-refractivity contribution in [2.24, 2.45) is 0 Å². The second-order valence-electron chi connectivity index (χ2n) is 4.57. The van der Waals surface area contributed by atoms with E-state index in [0.717, 1.165) is 19.1 Å². The maximum absolute atomic E-state index is 12.0. The molecule has 2 aromatic rings. The number of rotatable bonds is 4. The van der Waals surface area contributed by atoms with Crippen LogP contribution in [0, 0.1) is 0 Å². The number of anilines is 1. The minimum absolute atomic E-state index is 0.255. The Hall–Kier alpha value is -0.850. The zero-order valence-corrected chi connectivity index (χ0v) is 14.7. The predicted molar refractivity (Wildman–Crippen MR) is 89.8 cm³/mol. The maximum atomic E-state index is 12.0. The van der Waals surface area contributed by atoms with Gasteiger partial charge in [0.15, 0.2) is 0 Å². The van der Waals surface area contributed by atoms with Gasteiger partial charge in [-0.1, -0.05) is 13.8 Å². The van der Waals surface area contributed by atoms with Gasteiger partial charge in [-0.25, -0.2) is 4.79 Å². The number of nitrogens with two attached hydrogens (primary N) is 1. The molecule has 0 aromatic carbocycles. The quantitative estimate of drug-likeness (QED) is 0.756. The first-order valence-corrected chi connectivity index (χ1v) is 8.73. The van der Waals surface area contributed by atoms with Crippen LogP contribution in [0.1, 0.15) is 41.9 Å². The molecule has 0 radical (unpaired) electrons. The molecule has 0 aliphatic heterocycles. The van der Waals surface area contributed by atoms with Gasteiger partial charge in [-0.3, -0.25) is 0 Å². The van der Waals surface area contributed by atoms with Gasteiger partial charge in [0.2, 0.25) is 0 Å². The summed E-state index contributed by atoms with van der Waals surface area (Å²) >= 11 is 6.53. The van der Waals surface area contributed by atoms with Crippen LogP contribution in [0.25, 0.3) is 9.75 Å². The number of carbonyl (C=O) groups is 1. The van der Waals surface area contributed by atoms with E-state index in [-0.39, 0.29) is 11.9 Å². The Bertz CT molecular complexity index is 631. The van der Waals surface area contributed by atoms with Crippen molar-refractivity contribution in [3.63, 3.8) is 0 Å². The highest BCUT2D eigenvalue weighted by Gasteiger charge is 2.24. The number of esters is 1. The molecule has 0 aliphatic carbocycles. The van der Waals surface area contributed by atoms with Gasteiger partial charge in [-0.2, -0.15) is 0 Å². The summed E-state index contributed by atoms with van der Waals surface area (Å²) in [4.78, 5) is 14.7. The Kier molecular flexibility index (Phi) is 4.88. The summed E-state index contributed by atoms with van der Waals surface area (Å²) in [6.07, 6.45) is 0. The molecule has 0 saturated carbocycles. The van der Waals surface area contributed by atoms with E-state index in [1.807, 2.05) is 12.1 Å². The van der Waals surface area contributed by atoms with Crippen LogP contribution in [-0.2, 0) is 4.74 Å². The van der Waals surface area contributed by atoms with Crippen LogP contribution in [0.5, 0.6) is 0 Å². The van der Waals surface area contributed by atoms with Crippen molar-refractivity contribution in [2.75, 3.05) is 12.3 Å².